The molecule has 1 fully saturated rings. The van der Waals surface area contributed by atoms with Crippen molar-refractivity contribution in [2.45, 2.75) is 12.5 Å². The molecule has 0 spiro atoms. The van der Waals surface area contributed by atoms with Crippen molar-refractivity contribution >= 4 is 18.2 Å². The lowest BCUT2D eigenvalue weighted by molar-refractivity contribution is 0.139. The van der Waals surface area contributed by atoms with Crippen LogP contribution in [0.1, 0.15) is 23.6 Å². The van der Waals surface area contributed by atoms with Gasteiger partial charge in [0.1, 0.15) is 11.5 Å². The largest absolute Gasteiger partial charge is 0.341 e. The molecule has 1 unspecified atom stereocenters. The summed E-state index contributed by atoms with van der Waals surface area (Å²) in [6.45, 7) is 1.50. The monoisotopic (exact) mass is 490 g/mol. The van der Waals surface area contributed by atoms with Crippen molar-refractivity contribution in [1.29, 1.82) is 5.26 Å². The number of urea groups is 1. The SMILES string of the molecule is N#Cc1cc(F)cc(C2CC=NN2C(=O)N2CCN(c3ncc(F)c(-c4ccc(=O)[nH]c4)n3)CC2)c1. The normalized spacial score (nSPS) is 17.4. The van der Waals surface area contributed by atoms with Crippen molar-refractivity contribution in [3.63, 3.8) is 0 Å². The number of aromatic amines is 1. The molecule has 2 aliphatic rings. The summed E-state index contributed by atoms with van der Waals surface area (Å²) in [5.74, 6) is -0.850. The van der Waals surface area contributed by atoms with Gasteiger partial charge in [0.2, 0.25) is 11.5 Å². The van der Waals surface area contributed by atoms with Crippen molar-refractivity contribution in [1.82, 2.24) is 24.9 Å². The predicted molar refractivity (Wildman–Crippen MR) is 126 cm³/mol. The number of H-pyrrole nitrogens is 1. The summed E-state index contributed by atoms with van der Waals surface area (Å²) >= 11 is 0. The lowest BCUT2D eigenvalue weighted by Gasteiger charge is -2.37. The summed E-state index contributed by atoms with van der Waals surface area (Å²) < 4.78 is 28.3. The molecule has 10 nitrogen and oxygen atoms in total. The van der Waals surface area contributed by atoms with Gasteiger partial charge in [0, 0.05) is 56.6 Å². The van der Waals surface area contributed by atoms with Crippen LogP contribution in [-0.4, -0.2) is 63.3 Å². The molecule has 0 radical (unpaired) electrons. The Bertz CT molecular complexity index is 1420. The topological polar surface area (TPSA) is 122 Å². The average Bonchev–Trinajstić information content (AvgIpc) is 3.39. The number of amides is 2. The van der Waals surface area contributed by atoms with E-state index in [0.29, 0.717) is 49.7 Å². The Kier molecular flexibility index (Phi) is 6.12. The maximum atomic E-state index is 14.4. The summed E-state index contributed by atoms with van der Waals surface area (Å²) in [4.78, 5) is 39.0. The summed E-state index contributed by atoms with van der Waals surface area (Å²) in [6.07, 6.45) is 4.48. The van der Waals surface area contributed by atoms with E-state index in [9.17, 15) is 18.4 Å². The van der Waals surface area contributed by atoms with Crippen LogP contribution in [0, 0.1) is 23.0 Å². The fraction of sp³-hybridized carbons (Fsp3) is 0.250. The Labute approximate surface area is 204 Å². The van der Waals surface area contributed by atoms with Gasteiger partial charge >= 0.3 is 6.03 Å². The molecule has 0 saturated carbocycles. The fourth-order valence-corrected chi connectivity index (χ4v) is 4.26. The van der Waals surface area contributed by atoms with Crippen molar-refractivity contribution in [3.8, 4) is 17.3 Å². The highest BCUT2D eigenvalue weighted by atomic mass is 19.1. The van der Waals surface area contributed by atoms with Gasteiger partial charge in [-0.05, 0) is 29.8 Å². The number of carbonyl (C=O) groups is 1. The molecule has 3 aromatic rings. The molecule has 0 aliphatic carbocycles. The number of anilines is 1. The highest BCUT2D eigenvalue weighted by Gasteiger charge is 2.34. The standard InChI is InChI=1S/C24H20F2N8O2/c25-18-10-15(12-27)9-17(11-18)20-3-4-30-34(20)24(36)33-7-5-32(6-8-33)23-29-14-19(26)22(31-23)16-1-2-21(35)28-13-16/h1-2,4,9-11,13-14,20H,3,5-8H2,(H,28,35). The third kappa shape index (κ3) is 4.50. The number of hydrogen-bond donors (Lipinski definition) is 1. The van der Waals surface area contributed by atoms with E-state index in [1.807, 2.05) is 11.0 Å². The number of benzene rings is 1. The molecular formula is C24H20F2N8O2. The number of pyridine rings is 1. The summed E-state index contributed by atoms with van der Waals surface area (Å²) in [6, 6.07) is 7.89. The van der Waals surface area contributed by atoms with E-state index in [-0.39, 0.29) is 22.8 Å². The van der Waals surface area contributed by atoms with E-state index in [4.69, 9.17) is 5.26 Å². The van der Waals surface area contributed by atoms with Crippen molar-refractivity contribution in [2.24, 2.45) is 5.10 Å². The molecule has 0 bridgehead atoms. The first-order chi connectivity index (χ1) is 17.4. The van der Waals surface area contributed by atoms with Crippen LogP contribution >= 0.6 is 0 Å². The number of aromatic nitrogens is 3. The molecule has 36 heavy (non-hydrogen) atoms. The summed E-state index contributed by atoms with van der Waals surface area (Å²) in [7, 11) is 0. The van der Waals surface area contributed by atoms with Gasteiger partial charge in [0.05, 0.1) is 23.9 Å². The number of nitriles is 1. The predicted octanol–water partition coefficient (Wildman–Crippen LogP) is 2.66. The molecule has 1 aromatic carbocycles. The molecule has 182 valence electrons. The molecule has 2 amide bonds. The molecule has 2 aliphatic heterocycles. The van der Waals surface area contributed by atoms with Gasteiger partial charge in [0.15, 0.2) is 5.82 Å². The molecular weight excluding hydrogens is 470 g/mol. The van der Waals surface area contributed by atoms with Crippen LogP contribution in [0.2, 0.25) is 0 Å². The number of hydrazone groups is 1. The minimum atomic E-state index is -0.616. The highest BCUT2D eigenvalue weighted by molar-refractivity contribution is 5.79. The van der Waals surface area contributed by atoms with Gasteiger partial charge in [-0.2, -0.15) is 10.4 Å². The van der Waals surface area contributed by atoms with Crippen LogP contribution < -0.4 is 10.5 Å². The minimum absolute atomic E-state index is 0.0656. The van der Waals surface area contributed by atoms with Crippen LogP contribution in [0.5, 0.6) is 0 Å². The zero-order chi connectivity index (χ0) is 25.2. The van der Waals surface area contributed by atoms with Gasteiger partial charge in [-0.3, -0.25) is 4.79 Å². The second-order valence-electron chi connectivity index (χ2n) is 8.34. The lowest BCUT2D eigenvalue weighted by atomic mass is 10.0. The molecule has 12 heteroatoms. The van der Waals surface area contributed by atoms with Gasteiger partial charge in [-0.1, -0.05) is 0 Å². The zero-order valence-corrected chi connectivity index (χ0v) is 18.9. The Morgan fingerprint density at radius 1 is 1.14 bits per heavy atom. The Morgan fingerprint density at radius 3 is 2.67 bits per heavy atom. The molecule has 1 atom stereocenters. The van der Waals surface area contributed by atoms with E-state index < -0.39 is 17.7 Å². The van der Waals surface area contributed by atoms with Gasteiger partial charge in [-0.15, -0.1) is 0 Å². The van der Waals surface area contributed by atoms with Crippen molar-refractivity contribution < 1.29 is 13.6 Å². The molecule has 4 heterocycles. The first-order valence-corrected chi connectivity index (χ1v) is 11.2. The van der Waals surface area contributed by atoms with Crippen molar-refractivity contribution in [3.05, 3.63) is 75.8 Å². The van der Waals surface area contributed by atoms with Gasteiger partial charge in [-0.25, -0.2) is 28.6 Å². The van der Waals surface area contributed by atoms with E-state index in [2.05, 4.69) is 20.1 Å². The number of halogens is 2. The first kappa shape index (κ1) is 23.1. The maximum absolute atomic E-state index is 14.4. The van der Waals surface area contributed by atoms with Crippen LogP contribution in [0.15, 0.2) is 52.6 Å². The minimum Gasteiger partial charge on any atom is -0.337 e. The first-order valence-electron chi connectivity index (χ1n) is 11.2. The van der Waals surface area contributed by atoms with Crippen molar-refractivity contribution in [2.75, 3.05) is 31.1 Å². The van der Waals surface area contributed by atoms with Crippen LogP contribution in [0.4, 0.5) is 19.5 Å². The molecule has 1 saturated heterocycles. The number of nitrogens with zero attached hydrogens (tertiary/aromatic N) is 7. The van der Waals surface area contributed by atoms with E-state index in [1.54, 1.807) is 17.2 Å². The maximum Gasteiger partial charge on any atom is 0.341 e. The third-order valence-corrected chi connectivity index (χ3v) is 6.08. The average molecular weight is 490 g/mol. The van der Waals surface area contributed by atoms with Gasteiger partial charge in [0.25, 0.3) is 0 Å². The number of rotatable bonds is 3. The van der Waals surface area contributed by atoms with E-state index in [0.717, 1.165) is 12.3 Å². The second-order valence-corrected chi connectivity index (χ2v) is 8.34. The Morgan fingerprint density at radius 2 is 1.94 bits per heavy atom. The second kappa shape index (κ2) is 9.53. The fourth-order valence-electron chi connectivity index (χ4n) is 4.26. The summed E-state index contributed by atoms with van der Waals surface area (Å²) in [5.41, 5.74) is 0.862. The number of hydrogen-bond acceptors (Lipinski definition) is 7. The zero-order valence-electron chi connectivity index (χ0n) is 18.9. The van der Waals surface area contributed by atoms with E-state index >= 15 is 0 Å². The molecule has 1 N–H and O–H groups in total. The Hall–Kier alpha value is -4.66. The van der Waals surface area contributed by atoms with Crippen LogP contribution in [0.3, 0.4) is 0 Å². The summed E-state index contributed by atoms with van der Waals surface area (Å²) in [5, 5.41) is 14.7. The van der Waals surface area contributed by atoms with Crippen LogP contribution in [0.25, 0.3) is 11.3 Å². The lowest BCUT2D eigenvalue weighted by Crippen LogP contribution is -2.52. The molecule has 5 rings (SSSR count). The highest BCUT2D eigenvalue weighted by Crippen LogP contribution is 2.31. The quantitative estimate of drug-likeness (QED) is 0.603. The smallest absolute Gasteiger partial charge is 0.337 e. The van der Waals surface area contributed by atoms with E-state index in [1.165, 1.54) is 29.4 Å². The number of piperazine rings is 1. The number of nitrogens with one attached hydrogen (secondary N) is 1. The van der Waals surface area contributed by atoms with Gasteiger partial charge < -0.3 is 14.8 Å². The number of carbonyl (C=O) groups excluding carboxylic acids is 1. The van der Waals surface area contributed by atoms with Crippen LogP contribution in [-0.2, 0) is 0 Å². The molecule has 2 aromatic heterocycles. The third-order valence-electron chi connectivity index (χ3n) is 6.08. The Balaban J connectivity index is 1.28.